The maximum atomic E-state index is 10.9. The van der Waals surface area contributed by atoms with Gasteiger partial charge >= 0.3 is 0 Å². The minimum absolute atomic E-state index is 0.476. The maximum Gasteiger partial charge on any atom is 0.134 e. The van der Waals surface area contributed by atoms with Gasteiger partial charge < -0.3 is 9.59 Å². The SMILES string of the molecule is C=CC1=CC(C=O)C(C=C)(C=O)C=C1. The minimum atomic E-state index is -0.881. The third-order valence-electron chi connectivity index (χ3n) is 2.45. The van der Waals surface area contributed by atoms with Gasteiger partial charge in [0.2, 0.25) is 0 Å². The van der Waals surface area contributed by atoms with Crippen molar-refractivity contribution in [1.82, 2.24) is 0 Å². The van der Waals surface area contributed by atoms with Crippen LogP contribution in [0.25, 0.3) is 0 Å². The molecule has 0 N–H and O–H groups in total. The smallest absolute Gasteiger partial charge is 0.134 e. The monoisotopic (exact) mass is 188 g/mol. The van der Waals surface area contributed by atoms with E-state index in [2.05, 4.69) is 13.2 Å². The Hall–Kier alpha value is -1.70. The van der Waals surface area contributed by atoms with Crippen LogP contribution in [0.1, 0.15) is 0 Å². The van der Waals surface area contributed by atoms with Crippen LogP contribution in [0.2, 0.25) is 0 Å². The first kappa shape index (κ1) is 10.4. The quantitative estimate of drug-likeness (QED) is 0.498. The Bertz CT molecular complexity index is 326. The van der Waals surface area contributed by atoms with E-state index in [1.807, 2.05) is 0 Å². The lowest BCUT2D eigenvalue weighted by Crippen LogP contribution is -2.29. The Morgan fingerprint density at radius 3 is 2.50 bits per heavy atom. The van der Waals surface area contributed by atoms with Gasteiger partial charge in [0.1, 0.15) is 12.6 Å². The van der Waals surface area contributed by atoms with Crippen molar-refractivity contribution in [3.8, 4) is 0 Å². The van der Waals surface area contributed by atoms with Crippen molar-refractivity contribution in [2.24, 2.45) is 11.3 Å². The van der Waals surface area contributed by atoms with Crippen LogP contribution < -0.4 is 0 Å². The lowest BCUT2D eigenvalue weighted by Gasteiger charge is -2.27. The van der Waals surface area contributed by atoms with Crippen LogP contribution in [0.3, 0.4) is 0 Å². The molecule has 0 aromatic rings. The van der Waals surface area contributed by atoms with E-state index in [-0.39, 0.29) is 0 Å². The lowest BCUT2D eigenvalue weighted by molar-refractivity contribution is -0.119. The number of rotatable bonds is 4. The first-order valence-electron chi connectivity index (χ1n) is 4.31. The molecule has 2 heteroatoms. The standard InChI is InChI=1S/C12H12O2/c1-3-10-5-6-12(4-2,9-14)11(7-10)8-13/h3-9,11H,1-2H2. The molecule has 1 aliphatic rings. The number of carbonyl (C=O) groups excluding carboxylic acids is 2. The zero-order valence-electron chi connectivity index (χ0n) is 7.85. The predicted octanol–water partition coefficient (Wildman–Crippen LogP) is 1.85. The Labute approximate surface area is 83.3 Å². The molecular formula is C12H12O2. The molecule has 0 aromatic heterocycles. The summed E-state index contributed by atoms with van der Waals surface area (Å²) in [6.45, 7) is 7.18. The normalized spacial score (nSPS) is 30.3. The first-order chi connectivity index (χ1) is 6.72. The molecule has 0 spiro atoms. The van der Waals surface area contributed by atoms with Crippen molar-refractivity contribution < 1.29 is 9.59 Å². The summed E-state index contributed by atoms with van der Waals surface area (Å²) in [5, 5.41) is 0. The van der Waals surface area contributed by atoms with Gasteiger partial charge in [-0.1, -0.05) is 37.0 Å². The summed E-state index contributed by atoms with van der Waals surface area (Å²) in [7, 11) is 0. The summed E-state index contributed by atoms with van der Waals surface area (Å²) < 4.78 is 0. The molecule has 0 amide bonds. The molecular weight excluding hydrogens is 176 g/mol. The molecule has 1 aliphatic carbocycles. The lowest BCUT2D eigenvalue weighted by atomic mass is 9.73. The molecule has 0 saturated carbocycles. The van der Waals surface area contributed by atoms with Gasteiger partial charge in [0.15, 0.2) is 0 Å². The fourth-order valence-electron chi connectivity index (χ4n) is 1.42. The van der Waals surface area contributed by atoms with Gasteiger partial charge in [0.05, 0.1) is 11.3 Å². The van der Waals surface area contributed by atoms with Crippen LogP contribution in [0.4, 0.5) is 0 Å². The van der Waals surface area contributed by atoms with Crippen molar-refractivity contribution in [1.29, 1.82) is 0 Å². The van der Waals surface area contributed by atoms with E-state index < -0.39 is 11.3 Å². The van der Waals surface area contributed by atoms with Gasteiger partial charge in [-0.15, -0.1) is 6.58 Å². The van der Waals surface area contributed by atoms with Crippen molar-refractivity contribution in [3.05, 3.63) is 49.1 Å². The van der Waals surface area contributed by atoms with Crippen molar-refractivity contribution in [2.45, 2.75) is 0 Å². The number of hydrogen-bond donors (Lipinski definition) is 0. The molecule has 1 rings (SSSR count). The van der Waals surface area contributed by atoms with E-state index in [9.17, 15) is 9.59 Å². The molecule has 0 radical (unpaired) electrons. The first-order valence-corrected chi connectivity index (χ1v) is 4.31. The summed E-state index contributed by atoms with van der Waals surface area (Å²) in [6.07, 6.45) is 9.80. The molecule has 0 bridgehead atoms. The van der Waals surface area contributed by atoms with E-state index in [0.29, 0.717) is 0 Å². The van der Waals surface area contributed by atoms with Gasteiger partial charge in [0, 0.05) is 0 Å². The Morgan fingerprint density at radius 1 is 1.36 bits per heavy atom. The highest BCUT2D eigenvalue weighted by atomic mass is 16.1. The second-order valence-electron chi connectivity index (χ2n) is 3.19. The van der Waals surface area contributed by atoms with E-state index in [0.717, 1.165) is 18.1 Å². The minimum Gasteiger partial charge on any atom is -0.303 e. The highest BCUT2D eigenvalue weighted by Crippen LogP contribution is 2.33. The van der Waals surface area contributed by atoms with Crippen molar-refractivity contribution in [3.63, 3.8) is 0 Å². The summed E-state index contributed by atoms with van der Waals surface area (Å²) in [5.74, 6) is -0.476. The van der Waals surface area contributed by atoms with Crippen LogP contribution in [0.15, 0.2) is 49.1 Å². The average Bonchev–Trinajstić information content (AvgIpc) is 2.28. The fraction of sp³-hybridized carbons (Fsp3) is 0.167. The van der Waals surface area contributed by atoms with Crippen molar-refractivity contribution >= 4 is 12.6 Å². The summed E-state index contributed by atoms with van der Waals surface area (Å²) >= 11 is 0. The maximum absolute atomic E-state index is 10.9. The molecule has 2 unspecified atom stereocenters. The topological polar surface area (TPSA) is 34.1 Å². The van der Waals surface area contributed by atoms with Crippen LogP contribution in [-0.2, 0) is 9.59 Å². The molecule has 0 saturated heterocycles. The summed E-state index contributed by atoms with van der Waals surface area (Å²) in [4.78, 5) is 21.8. The highest BCUT2D eigenvalue weighted by Gasteiger charge is 2.33. The summed E-state index contributed by atoms with van der Waals surface area (Å²) in [6, 6.07) is 0. The predicted molar refractivity (Wildman–Crippen MR) is 55.7 cm³/mol. The third kappa shape index (κ3) is 1.51. The van der Waals surface area contributed by atoms with Gasteiger partial charge in [-0.25, -0.2) is 0 Å². The van der Waals surface area contributed by atoms with E-state index in [1.54, 1.807) is 24.3 Å². The fourth-order valence-corrected chi connectivity index (χ4v) is 1.42. The van der Waals surface area contributed by atoms with Gasteiger partial charge in [-0.2, -0.15) is 0 Å². The molecule has 0 aliphatic heterocycles. The number of allylic oxidation sites excluding steroid dienone is 6. The Balaban J connectivity index is 3.16. The third-order valence-corrected chi connectivity index (χ3v) is 2.45. The van der Waals surface area contributed by atoms with E-state index >= 15 is 0 Å². The molecule has 0 aromatic carbocycles. The molecule has 2 atom stereocenters. The molecule has 72 valence electrons. The van der Waals surface area contributed by atoms with Crippen molar-refractivity contribution in [2.75, 3.05) is 0 Å². The zero-order chi connectivity index (χ0) is 10.6. The largest absolute Gasteiger partial charge is 0.303 e. The Morgan fingerprint density at radius 2 is 2.07 bits per heavy atom. The number of aldehydes is 2. The zero-order valence-corrected chi connectivity index (χ0v) is 7.85. The van der Waals surface area contributed by atoms with Gasteiger partial charge in [-0.05, 0) is 5.57 Å². The number of carbonyl (C=O) groups is 2. The highest BCUT2D eigenvalue weighted by molar-refractivity contribution is 5.77. The van der Waals surface area contributed by atoms with E-state index in [4.69, 9.17) is 0 Å². The molecule has 14 heavy (non-hydrogen) atoms. The van der Waals surface area contributed by atoms with Crippen LogP contribution in [0, 0.1) is 11.3 Å². The van der Waals surface area contributed by atoms with Crippen LogP contribution in [-0.4, -0.2) is 12.6 Å². The van der Waals surface area contributed by atoms with Gasteiger partial charge in [-0.3, -0.25) is 0 Å². The Kier molecular flexibility index (Phi) is 2.97. The van der Waals surface area contributed by atoms with Crippen LogP contribution in [0.5, 0.6) is 0 Å². The number of hydrogen-bond acceptors (Lipinski definition) is 2. The molecule has 0 heterocycles. The van der Waals surface area contributed by atoms with E-state index in [1.165, 1.54) is 6.08 Å². The summed E-state index contributed by atoms with van der Waals surface area (Å²) in [5.41, 5.74) is -0.0322. The van der Waals surface area contributed by atoms with Gasteiger partial charge in [0.25, 0.3) is 0 Å². The molecule has 2 nitrogen and oxygen atoms in total. The second-order valence-corrected chi connectivity index (χ2v) is 3.19. The van der Waals surface area contributed by atoms with Crippen LogP contribution >= 0.6 is 0 Å². The molecule has 0 fully saturated rings. The second kappa shape index (κ2) is 4.01. The average molecular weight is 188 g/mol.